The third-order valence-electron chi connectivity index (χ3n) is 1.76. The van der Waals surface area contributed by atoms with Crippen LogP contribution in [0.15, 0.2) is 29.1 Å². The van der Waals surface area contributed by atoms with Crippen molar-refractivity contribution in [1.29, 1.82) is 0 Å². The predicted octanol–water partition coefficient (Wildman–Crippen LogP) is 1.73. The molecule has 0 spiro atoms. The molecule has 0 N–H and O–H groups in total. The highest BCUT2D eigenvalue weighted by Crippen LogP contribution is 2.17. The summed E-state index contributed by atoms with van der Waals surface area (Å²) in [5.74, 6) is 0. The van der Waals surface area contributed by atoms with Crippen molar-refractivity contribution in [3.05, 3.63) is 34.8 Å². The van der Waals surface area contributed by atoms with Gasteiger partial charge < -0.3 is 0 Å². The summed E-state index contributed by atoms with van der Waals surface area (Å²) in [6.45, 7) is 1.98. The van der Waals surface area contributed by atoms with E-state index in [1.54, 1.807) is 23.3 Å². The summed E-state index contributed by atoms with van der Waals surface area (Å²) in [5.41, 5.74) is 1.96. The van der Waals surface area contributed by atoms with Crippen LogP contribution in [0.3, 0.4) is 0 Å². The van der Waals surface area contributed by atoms with Crippen LogP contribution in [-0.2, 0) is 0 Å². The van der Waals surface area contributed by atoms with Gasteiger partial charge in [-0.3, -0.25) is 0 Å². The van der Waals surface area contributed by atoms with Crippen LogP contribution < -0.4 is 0 Å². The summed E-state index contributed by atoms with van der Waals surface area (Å²) in [6, 6.07) is 1.86. The Bertz CT molecular complexity index is 409. The van der Waals surface area contributed by atoms with E-state index in [1.807, 2.05) is 13.0 Å². The SMILES string of the molecule is Cc1c(Br)cnn1-c1ccnnc1. The summed E-state index contributed by atoms with van der Waals surface area (Å²) in [7, 11) is 0. The standard InChI is InChI=1S/C8H7BrN4/c1-6-8(9)5-12-13(6)7-2-3-10-11-4-7/h2-5H,1H3. The third-order valence-corrected chi connectivity index (χ3v) is 2.54. The normalized spacial score (nSPS) is 10.3. The lowest BCUT2D eigenvalue weighted by atomic mass is 10.4. The van der Waals surface area contributed by atoms with Crippen molar-refractivity contribution in [1.82, 2.24) is 20.0 Å². The molecule has 0 radical (unpaired) electrons. The molecular formula is C8H7BrN4. The number of hydrogen-bond donors (Lipinski definition) is 0. The molecule has 0 saturated carbocycles. The molecule has 2 rings (SSSR count). The molecule has 0 saturated heterocycles. The summed E-state index contributed by atoms with van der Waals surface area (Å²) in [4.78, 5) is 0. The largest absolute Gasteiger partial charge is 0.235 e. The van der Waals surface area contributed by atoms with Crippen molar-refractivity contribution in [2.75, 3.05) is 0 Å². The van der Waals surface area contributed by atoms with Crippen molar-refractivity contribution in [2.45, 2.75) is 6.92 Å². The Morgan fingerprint density at radius 3 is 2.69 bits per heavy atom. The van der Waals surface area contributed by atoms with Crippen LogP contribution in [0.4, 0.5) is 0 Å². The van der Waals surface area contributed by atoms with Crippen LogP contribution in [-0.4, -0.2) is 20.0 Å². The van der Waals surface area contributed by atoms with E-state index in [2.05, 4.69) is 31.2 Å². The molecule has 66 valence electrons. The molecule has 2 aromatic heterocycles. The summed E-state index contributed by atoms with van der Waals surface area (Å²) in [5, 5.41) is 11.7. The Kier molecular flexibility index (Phi) is 2.10. The molecule has 13 heavy (non-hydrogen) atoms. The molecule has 5 heteroatoms. The molecule has 0 atom stereocenters. The van der Waals surface area contributed by atoms with E-state index in [0.717, 1.165) is 15.9 Å². The van der Waals surface area contributed by atoms with E-state index in [1.165, 1.54) is 0 Å². The average molecular weight is 239 g/mol. The molecule has 0 bridgehead atoms. The topological polar surface area (TPSA) is 43.6 Å². The molecule has 0 aliphatic heterocycles. The van der Waals surface area contributed by atoms with Crippen LogP contribution >= 0.6 is 15.9 Å². The van der Waals surface area contributed by atoms with Crippen molar-refractivity contribution < 1.29 is 0 Å². The van der Waals surface area contributed by atoms with Gasteiger partial charge in [0, 0.05) is 0 Å². The summed E-state index contributed by atoms with van der Waals surface area (Å²) < 4.78 is 2.79. The Labute approximate surface area is 83.7 Å². The minimum Gasteiger partial charge on any atom is -0.235 e. The van der Waals surface area contributed by atoms with E-state index in [4.69, 9.17) is 0 Å². The van der Waals surface area contributed by atoms with Gasteiger partial charge in [0.1, 0.15) is 0 Å². The average Bonchev–Trinajstić information content (AvgIpc) is 2.49. The highest BCUT2D eigenvalue weighted by atomic mass is 79.9. The maximum Gasteiger partial charge on any atom is 0.0866 e. The van der Waals surface area contributed by atoms with E-state index in [-0.39, 0.29) is 0 Å². The minimum atomic E-state index is 0.915. The highest BCUT2D eigenvalue weighted by Gasteiger charge is 2.04. The van der Waals surface area contributed by atoms with Gasteiger partial charge in [-0.2, -0.15) is 15.3 Å². The van der Waals surface area contributed by atoms with E-state index in [9.17, 15) is 0 Å². The molecular weight excluding hydrogens is 232 g/mol. The zero-order valence-electron chi connectivity index (χ0n) is 6.98. The number of rotatable bonds is 1. The van der Waals surface area contributed by atoms with Crippen LogP contribution in [0.25, 0.3) is 5.69 Å². The van der Waals surface area contributed by atoms with Gasteiger partial charge in [0.2, 0.25) is 0 Å². The maximum absolute atomic E-state index is 4.19. The molecule has 0 amide bonds. The molecule has 0 fully saturated rings. The molecule has 0 aromatic carbocycles. The van der Waals surface area contributed by atoms with E-state index >= 15 is 0 Å². The first kappa shape index (κ1) is 8.37. The fourth-order valence-corrected chi connectivity index (χ4v) is 1.32. The van der Waals surface area contributed by atoms with Gasteiger partial charge in [0.15, 0.2) is 0 Å². The Morgan fingerprint density at radius 1 is 1.31 bits per heavy atom. The van der Waals surface area contributed by atoms with Gasteiger partial charge in [-0.05, 0) is 28.9 Å². The number of hydrogen-bond acceptors (Lipinski definition) is 3. The van der Waals surface area contributed by atoms with Crippen LogP contribution in [0.5, 0.6) is 0 Å². The lowest BCUT2D eigenvalue weighted by Gasteiger charge is -2.01. The van der Waals surface area contributed by atoms with Crippen LogP contribution in [0.1, 0.15) is 5.69 Å². The van der Waals surface area contributed by atoms with Gasteiger partial charge in [-0.15, -0.1) is 0 Å². The molecule has 2 heterocycles. The second-order valence-corrected chi connectivity index (χ2v) is 3.44. The molecule has 2 aromatic rings. The number of nitrogens with zero attached hydrogens (tertiary/aromatic N) is 4. The fraction of sp³-hybridized carbons (Fsp3) is 0.125. The van der Waals surface area contributed by atoms with Gasteiger partial charge in [-0.25, -0.2) is 4.68 Å². The quantitative estimate of drug-likeness (QED) is 0.761. The Hall–Kier alpha value is -1.23. The lowest BCUT2D eigenvalue weighted by Crippen LogP contribution is -1.99. The minimum absolute atomic E-state index is 0.915. The molecule has 0 aliphatic carbocycles. The zero-order chi connectivity index (χ0) is 9.26. The third kappa shape index (κ3) is 1.47. The van der Waals surface area contributed by atoms with Gasteiger partial charge in [0.25, 0.3) is 0 Å². The Morgan fingerprint density at radius 2 is 2.15 bits per heavy atom. The Balaban J connectivity index is 2.53. The molecule has 0 unspecified atom stereocenters. The second-order valence-electron chi connectivity index (χ2n) is 2.59. The first-order valence-electron chi connectivity index (χ1n) is 3.76. The van der Waals surface area contributed by atoms with Crippen molar-refractivity contribution in [3.8, 4) is 5.69 Å². The van der Waals surface area contributed by atoms with Gasteiger partial charge in [-0.1, -0.05) is 0 Å². The number of aromatic nitrogens is 4. The van der Waals surface area contributed by atoms with Gasteiger partial charge in [0.05, 0.1) is 34.4 Å². The molecule has 0 aliphatic rings. The molecule has 4 nitrogen and oxygen atoms in total. The van der Waals surface area contributed by atoms with Crippen LogP contribution in [0.2, 0.25) is 0 Å². The predicted molar refractivity (Wildman–Crippen MR) is 51.6 cm³/mol. The smallest absolute Gasteiger partial charge is 0.0866 e. The lowest BCUT2D eigenvalue weighted by molar-refractivity contribution is 0.830. The monoisotopic (exact) mass is 238 g/mol. The first-order chi connectivity index (χ1) is 6.29. The number of halogens is 1. The maximum atomic E-state index is 4.19. The first-order valence-corrected chi connectivity index (χ1v) is 4.55. The zero-order valence-corrected chi connectivity index (χ0v) is 8.56. The summed E-state index contributed by atoms with van der Waals surface area (Å²) >= 11 is 3.39. The summed E-state index contributed by atoms with van der Waals surface area (Å²) in [6.07, 6.45) is 5.08. The van der Waals surface area contributed by atoms with Crippen molar-refractivity contribution in [2.24, 2.45) is 0 Å². The van der Waals surface area contributed by atoms with E-state index < -0.39 is 0 Å². The van der Waals surface area contributed by atoms with Crippen molar-refractivity contribution >= 4 is 15.9 Å². The fourth-order valence-electron chi connectivity index (χ4n) is 1.06. The second kappa shape index (κ2) is 3.26. The van der Waals surface area contributed by atoms with Crippen LogP contribution in [0, 0.1) is 6.92 Å². The van der Waals surface area contributed by atoms with E-state index in [0.29, 0.717) is 0 Å². The van der Waals surface area contributed by atoms with Gasteiger partial charge >= 0.3 is 0 Å². The van der Waals surface area contributed by atoms with Crippen molar-refractivity contribution in [3.63, 3.8) is 0 Å². The highest BCUT2D eigenvalue weighted by molar-refractivity contribution is 9.10.